The summed E-state index contributed by atoms with van der Waals surface area (Å²) < 4.78 is 10.5. The highest BCUT2D eigenvalue weighted by atomic mass is 16.5. The Bertz CT molecular complexity index is 177. The van der Waals surface area contributed by atoms with Crippen molar-refractivity contribution in [2.75, 3.05) is 13.7 Å². The van der Waals surface area contributed by atoms with Crippen molar-refractivity contribution in [1.29, 1.82) is 0 Å². The van der Waals surface area contributed by atoms with Gasteiger partial charge in [0.15, 0.2) is 5.78 Å². The van der Waals surface area contributed by atoms with Gasteiger partial charge < -0.3 is 9.47 Å². The summed E-state index contributed by atoms with van der Waals surface area (Å²) in [5, 5.41) is 0. The largest absolute Gasteiger partial charge is 0.375 e. The monoisotopic (exact) mass is 186 g/mol. The first-order valence-corrected chi connectivity index (χ1v) is 4.82. The standard InChI is InChI=1S/C10H18O3/c1-7(2)4-5-13-9-6-8(11)10(9)12-3/h7,9-10H,4-6H2,1-3H3. The summed E-state index contributed by atoms with van der Waals surface area (Å²) >= 11 is 0. The number of hydrogen-bond donors (Lipinski definition) is 0. The number of rotatable bonds is 5. The maximum absolute atomic E-state index is 11.0. The molecular weight excluding hydrogens is 168 g/mol. The quantitative estimate of drug-likeness (QED) is 0.651. The molecule has 1 fully saturated rings. The Labute approximate surface area is 79.4 Å². The van der Waals surface area contributed by atoms with Gasteiger partial charge in [0.1, 0.15) is 6.10 Å². The second-order valence-corrected chi connectivity index (χ2v) is 3.92. The first-order chi connectivity index (χ1) is 6.15. The molecule has 3 nitrogen and oxygen atoms in total. The van der Waals surface area contributed by atoms with Gasteiger partial charge >= 0.3 is 0 Å². The van der Waals surface area contributed by atoms with Crippen LogP contribution in [0, 0.1) is 5.92 Å². The van der Waals surface area contributed by atoms with E-state index in [9.17, 15) is 4.79 Å². The molecule has 76 valence electrons. The normalized spacial score (nSPS) is 27.8. The molecule has 0 aliphatic heterocycles. The first kappa shape index (κ1) is 10.7. The minimum absolute atomic E-state index is 0.0104. The van der Waals surface area contributed by atoms with Gasteiger partial charge in [0.05, 0.1) is 6.10 Å². The van der Waals surface area contributed by atoms with E-state index in [4.69, 9.17) is 9.47 Å². The van der Waals surface area contributed by atoms with Crippen LogP contribution in [0.25, 0.3) is 0 Å². The van der Waals surface area contributed by atoms with E-state index >= 15 is 0 Å². The number of carbonyl (C=O) groups excluding carboxylic acids is 1. The fourth-order valence-electron chi connectivity index (χ4n) is 1.35. The average molecular weight is 186 g/mol. The molecule has 0 heterocycles. The van der Waals surface area contributed by atoms with E-state index in [1.165, 1.54) is 0 Å². The molecule has 1 saturated carbocycles. The molecule has 1 aliphatic rings. The molecule has 2 atom stereocenters. The van der Waals surface area contributed by atoms with Crippen molar-refractivity contribution in [2.45, 2.75) is 38.9 Å². The Hall–Kier alpha value is -0.410. The zero-order valence-electron chi connectivity index (χ0n) is 8.58. The fourth-order valence-corrected chi connectivity index (χ4v) is 1.35. The topological polar surface area (TPSA) is 35.5 Å². The molecule has 0 amide bonds. The maximum Gasteiger partial charge on any atom is 0.166 e. The molecule has 0 saturated heterocycles. The van der Waals surface area contributed by atoms with Gasteiger partial charge in [-0.25, -0.2) is 0 Å². The van der Waals surface area contributed by atoms with Crippen molar-refractivity contribution in [3.8, 4) is 0 Å². The molecular formula is C10H18O3. The SMILES string of the molecule is COC1C(=O)CC1OCCC(C)C. The summed E-state index contributed by atoms with van der Waals surface area (Å²) in [4.78, 5) is 11.0. The van der Waals surface area contributed by atoms with E-state index in [-0.39, 0.29) is 18.0 Å². The van der Waals surface area contributed by atoms with Crippen LogP contribution in [0.2, 0.25) is 0 Å². The number of hydrogen-bond acceptors (Lipinski definition) is 3. The minimum Gasteiger partial charge on any atom is -0.375 e. The van der Waals surface area contributed by atoms with Crippen LogP contribution in [0.15, 0.2) is 0 Å². The first-order valence-electron chi connectivity index (χ1n) is 4.82. The molecule has 0 N–H and O–H groups in total. The van der Waals surface area contributed by atoms with Gasteiger partial charge in [-0.2, -0.15) is 0 Å². The van der Waals surface area contributed by atoms with E-state index in [0.717, 1.165) is 13.0 Å². The number of carbonyl (C=O) groups is 1. The zero-order chi connectivity index (χ0) is 9.84. The summed E-state index contributed by atoms with van der Waals surface area (Å²) in [5.41, 5.74) is 0. The highest BCUT2D eigenvalue weighted by Crippen LogP contribution is 2.22. The van der Waals surface area contributed by atoms with Gasteiger partial charge in [0.25, 0.3) is 0 Å². The second-order valence-electron chi connectivity index (χ2n) is 3.92. The van der Waals surface area contributed by atoms with E-state index in [1.54, 1.807) is 7.11 Å². The maximum atomic E-state index is 11.0. The van der Waals surface area contributed by atoms with E-state index in [0.29, 0.717) is 12.3 Å². The van der Waals surface area contributed by atoms with Gasteiger partial charge in [-0.05, 0) is 12.3 Å². The molecule has 1 aliphatic carbocycles. The van der Waals surface area contributed by atoms with Gasteiger partial charge in [0.2, 0.25) is 0 Å². The highest BCUT2D eigenvalue weighted by Gasteiger charge is 2.40. The molecule has 13 heavy (non-hydrogen) atoms. The van der Waals surface area contributed by atoms with Crippen LogP contribution in [0.4, 0.5) is 0 Å². The summed E-state index contributed by atoms with van der Waals surface area (Å²) in [5.74, 6) is 0.814. The molecule has 0 aromatic rings. The van der Waals surface area contributed by atoms with Crippen molar-refractivity contribution in [3.63, 3.8) is 0 Å². The molecule has 3 heteroatoms. The third-order valence-corrected chi connectivity index (χ3v) is 2.34. The summed E-state index contributed by atoms with van der Waals surface area (Å²) in [7, 11) is 1.56. The van der Waals surface area contributed by atoms with Crippen LogP contribution >= 0.6 is 0 Å². The Morgan fingerprint density at radius 3 is 2.69 bits per heavy atom. The predicted molar refractivity (Wildman–Crippen MR) is 49.6 cm³/mol. The molecule has 0 spiro atoms. The van der Waals surface area contributed by atoms with Gasteiger partial charge in [-0.3, -0.25) is 4.79 Å². The number of Topliss-reactive ketones (excluding diaryl/α,β-unsaturated/α-hetero) is 1. The zero-order valence-corrected chi connectivity index (χ0v) is 8.58. The van der Waals surface area contributed by atoms with Gasteiger partial charge in [-0.15, -0.1) is 0 Å². The lowest BCUT2D eigenvalue weighted by molar-refractivity contribution is -0.161. The minimum atomic E-state index is -0.299. The lowest BCUT2D eigenvalue weighted by Gasteiger charge is -2.33. The highest BCUT2D eigenvalue weighted by molar-refractivity contribution is 5.90. The molecule has 0 radical (unpaired) electrons. The van der Waals surface area contributed by atoms with E-state index < -0.39 is 0 Å². The smallest absolute Gasteiger partial charge is 0.166 e. The summed E-state index contributed by atoms with van der Waals surface area (Å²) in [6, 6.07) is 0. The molecule has 0 aromatic carbocycles. The van der Waals surface area contributed by atoms with Crippen molar-refractivity contribution in [3.05, 3.63) is 0 Å². The Kier molecular flexibility index (Phi) is 3.88. The second kappa shape index (κ2) is 4.72. The van der Waals surface area contributed by atoms with Crippen LogP contribution in [-0.4, -0.2) is 31.7 Å². The van der Waals surface area contributed by atoms with Crippen LogP contribution in [0.5, 0.6) is 0 Å². The predicted octanol–water partition coefficient (Wildman–Crippen LogP) is 1.41. The van der Waals surface area contributed by atoms with Crippen molar-refractivity contribution in [2.24, 2.45) is 5.92 Å². The van der Waals surface area contributed by atoms with E-state index in [2.05, 4.69) is 13.8 Å². The van der Waals surface area contributed by atoms with E-state index in [1.807, 2.05) is 0 Å². The van der Waals surface area contributed by atoms with Crippen LogP contribution in [-0.2, 0) is 14.3 Å². The molecule has 0 aromatic heterocycles. The Morgan fingerprint density at radius 2 is 2.23 bits per heavy atom. The molecule has 1 rings (SSSR count). The fraction of sp³-hybridized carbons (Fsp3) is 0.900. The Morgan fingerprint density at radius 1 is 1.54 bits per heavy atom. The summed E-state index contributed by atoms with van der Waals surface area (Å²) in [6.45, 7) is 5.04. The van der Waals surface area contributed by atoms with Crippen molar-refractivity contribution < 1.29 is 14.3 Å². The lowest BCUT2D eigenvalue weighted by atomic mass is 9.90. The third kappa shape index (κ3) is 2.78. The molecule has 2 unspecified atom stereocenters. The number of ether oxygens (including phenoxy) is 2. The van der Waals surface area contributed by atoms with Crippen LogP contribution in [0.3, 0.4) is 0 Å². The van der Waals surface area contributed by atoms with Gasteiger partial charge in [-0.1, -0.05) is 13.8 Å². The molecule has 0 bridgehead atoms. The van der Waals surface area contributed by atoms with Crippen molar-refractivity contribution >= 4 is 5.78 Å². The number of methoxy groups -OCH3 is 1. The number of ketones is 1. The van der Waals surface area contributed by atoms with Crippen molar-refractivity contribution in [1.82, 2.24) is 0 Å². The third-order valence-electron chi connectivity index (χ3n) is 2.34. The average Bonchev–Trinajstić information content (AvgIpc) is 2.02. The van der Waals surface area contributed by atoms with Crippen LogP contribution < -0.4 is 0 Å². The van der Waals surface area contributed by atoms with Crippen LogP contribution in [0.1, 0.15) is 26.7 Å². The Balaban J connectivity index is 2.13. The lowest BCUT2D eigenvalue weighted by Crippen LogP contribution is -2.50. The van der Waals surface area contributed by atoms with Gasteiger partial charge in [0, 0.05) is 20.1 Å². The summed E-state index contributed by atoms with van der Waals surface area (Å²) in [6.07, 6.45) is 1.28.